The summed E-state index contributed by atoms with van der Waals surface area (Å²) in [5.41, 5.74) is 1.03. The van der Waals surface area contributed by atoms with Gasteiger partial charge in [0.05, 0.1) is 11.9 Å². The molecule has 0 aliphatic carbocycles. The van der Waals surface area contributed by atoms with Crippen LogP contribution in [0.15, 0.2) is 29.2 Å². The number of likely N-dealkylation sites (N-methyl/N-ethyl adjacent to an activating group) is 1. The van der Waals surface area contributed by atoms with Crippen LogP contribution in [0.1, 0.15) is 37.2 Å². The monoisotopic (exact) mass is 394 g/mol. The first-order chi connectivity index (χ1) is 12.9. The number of tetrazole rings is 1. The number of piperazine rings is 1. The second-order valence-electron chi connectivity index (χ2n) is 7.55. The van der Waals surface area contributed by atoms with Crippen molar-refractivity contribution >= 4 is 9.84 Å². The van der Waals surface area contributed by atoms with E-state index in [2.05, 4.69) is 29.5 Å². The third-order valence-corrected chi connectivity index (χ3v) is 6.93. The molecule has 1 aromatic carbocycles. The van der Waals surface area contributed by atoms with Gasteiger partial charge in [-0.15, -0.1) is 5.10 Å². The molecule has 2 heterocycles. The van der Waals surface area contributed by atoms with E-state index in [1.807, 2.05) is 19.1 Å². The Bertz CT molecular complexity index is 841. The second kappa shape index (κ2) is 8.45. The van der Waals surface area contributed by atoms with Crippen LogP contribution in [0.3, 0.4) is 0 Å². The van der Waals surface area contributed by atoms with Crippen LogP contribution in [0.2, 0.25) is 0 Å². The number of quaternary nitrogens is 2. The first kappa shape index (κ1) is 19.9. The molecule has 27 heavy (non-hydrogen) atoms. The normalized spacial score (nSPS) is 21.9. The van der Waals surface area contributed by atoms with E-state index >= 15 is 0 Å². The van der Waals surface area contributed by atoms with Gasteiger partial charge in [0.1, 0.15) is 32.2 Å². The standard InChI is InChI=1S/C18H28N6O2S/c1-4-5-17(23-12-10-22(3)11-13-23)18-19-20-21-24(18)14-27(25,26)16-8-6-15(2)7-9-16/h6-9,17H,4-5,10-14H2,1-3H3/p+2/t17-/m1/s1. The molecular formula is C18H30N6O2S+2. The Kier molecular flexibility index (Phi) is 6.23. The van der Waals surface area contributed by atoms with Crippen LogP contribution in [0.4, 0.5) is 0 Å². The Labute approximate surface area is 161 Å². The molecule has 0 bridgehead atoms. The summed E-state index contributed by atoms with van der Waals surface area (Å²) in [5.74, 6) is 0.457. The zero-order chi connectivity index (χ0) is 19.4. The molecule has 2 N–H and O–H groups in total. The smallest absolute Gasteiger partial charge is 0.210 e. The van der Waals surface area contributed by atoms with Crippen molar-refractivity contribution in [3.8, 4) is 0 Å². The van der Waals surface area contributed by atoms with Crippen LogP contribution in [0.25, 0.3) is 0 Å². The molecule has 8 nitrogen and oxygen atoms in total. The molecule has 1 aliphatic heterocycles. The van der Waals surface area contributed by atoms with E-state index < -0.39 is 9.84 Å². The van der Waals surface area contributed by atoms with Crippen molar-refractivity contribution in [3.05, 3.63) is 35.7 Å². The molecule has 0 saturated carbocycles. The maximum atomic E-state index is 12.8. The van der Waals surface area contributed by atoms with Gasteiger partial charge >= 0.3 is 0 Å². The molecule has 1 aromatic heterocycles. The van der Waals surface area contributed by atoms with E-state index in [0.717, 1.165) is 44.6 Å². The van der Waals surface area contributed by atoms with Crippen molar-refractivity contribution < 1.29 is 18.2 Å². The van der Waals surface area contributed by atoms with Crippen molar-refractivity contribution in [2.24, 2.45) is 0 Å². The zero-order valence-corrected chi connectivity index (χ0v) is 17.2. The Morgan fingerprint density at radius 3 is 2.44 bits per heavy atom. The molecule has 0 amide bonds. The highest BCUT2D eigenvalue weighted by atomic mass is 32.2. The predicted octanol–water partition coefficient (Wildman–Crippen LogP) is -1.33. The highest BCUT2D eigenvalue weighted by Gasteiger charge is 2.33. The van der Waals surface area contributed by atoms with E-state index in [1.54, 1.807) is 12.1 Å². The van der Waals surface area contributed by atoms with Gasteiger partial charge in [-0.1, -0.05) is 31.0 Å². The van der Waals surface area contributed by atoms with Crippen LogP contribution in [0, 0.1) is 6.92 Å². The van der Waals surface area contributed by atoms with Crippen LogP contribution in [-0.4, -0.2) is 61.9 Å². The van der Waals surface area contributed by atoms with Crippen LogP contribution in [-0.2, 0) is 15.7 Å². The lowest BCUT2D eigenvalue weighted by molar-refractivity contribution is -1.02. The zero-order valence-electron chi connectivity index (χ0n) is 16.4. The molecular weight excluding hydrogens is 364 g/mol. The van der Waals surface area contributed by atoms with Gasteiger partial charge in [0.25, 0.3) is 0 Å². The summed E-state index contributed by atoms with van der Waals surface area (Å²) < 4.78 is 27.2. The first-order valence-corrected chi connectivity index (χ1v) is 11.3. The molecule has 0 radical (unpaired) electrons. The van der Waals surface area contributed by atoms with Gasteiger partial charge in [-0.3, -0.25) is 0 Å². The number of sulfone groups is 1. The molecule has 148 valence electrons. The number of hydrogen-bond acceptors (Lipinski definition) is 5. The lowest BCUT2D eigenvalue weighted by atomic mass is 10.1. The molecule has 1 atom stereocenters. The molecule has 9 heteroatoms. The Morgan fingerprint density at radius 2 is 1.81 bits per heavy atom. The maximum Gasteiger partial charge on any atom is 0.210 e. The van der Waals surface area contributed by atoms with E-state index in [-0.39, 0.29) is 11.9 Å². The number of rotatable bonds is 7. The highest BCUT2D eigenvalue weighted by molar-refractivity contribution is 7.90. The first-order valence-electron chi connectivity index (χ1n) is 9.62. The second-order valence-corrected chi connectivity index (χ2v) is 9.51. The van der Waals surface area contributed by atoms with Crippen molar-refractivity contribution in [2.45, 2.75) is 43.5 Å². The fourth-order valence-electron chi connectivity index (χ4n) is 3.69. The third-order valence-electron chi connectivity index (χ3n) is 5.36. The SMILES string of the molecule is CCC[C@H](c1nnnn1CS(=O)(=O)c1ccc(C)cc1)[NH+]1CC[NH+](C)CC1. The van der Waals surface area contributed by atoms with Gasteiger partial charge < -0.3 is 9.80 Å². The van der Waals surface area contributed by atoms with Gasteiger partial charge in [-0.25, -0.2) is 13.1 Å². The van der Waals surface area contributed by atoms with E-state index in [9.17, 15) is 8.42 Å². The summed E-state index contributed by atoms with van der Waals surface area (Å²) in [7, 11) is -1.29. The highest BCUT2D eigenvalue weighted by Crippen LogP contribution is 2.17. The summed E-state index contributed by atoms with van der Waals surface area (Å²) in [6, 6.07) is 7.04. The van der Waals surface area contributed by atoms with Gasteiger partial charge in [0, 0.05) is 6.42 Å². The van der Waals surface area contributed by atoms with Gasteiger partial charge in [-0.05, 0) is 29.5 Å². The predicted molar refractivity (Wildman–Crippen MR) is 101 cm³/mol. The van der Waals surface area contributed by atoms with Crippen molar-refractivity contribution in [3.63, 3.8) is 0 Å². The molecule has 0 spiro atoms. The minimum Gasteiger partial charge on any atom is -0.328 e. The van der Waals surface area contributed by atoms with Crippen LogP contribution in [0.5, 0.6) is 0 Å². The quantitative estimate of drug-likeness (QED) is 0.608. The lowest BCUT2D eigenvalue weighted by Gasteiger charge is -2.32. The summed E-state index contributed by atoms with van der Waals surface area (Å²) >= 11 is 0. The largest absolute Gasteiger partial charge is 0.328 e. The average Bonchev–Trinajstić information content (AvgIpc) is 3.08. The summed E-state index contributed by atoms with van der Waals surface area (Å²) in [4.78, 5) is 3.29. The van der Waals surface area contributed by atoms with Crippen molar-refractivity contribution in [1.82, 2.24) is 20.2 Å². The lowest BCUT2D eigenvalue weighted by Crippen LogP contribution is -3.27. The topological polar surface area (TPSA) is 86.6 Å². The fourth-order valence-corrected chi connectivity index (χ4v) is 4.89. The third kappa shape index (κ3) is 4.72. The fraction of sp³-hybridized carbons (Fsp3) is 0.611. The van der Waals surface area contributed by atoms with E-state index in [4.69, 9.17) is 0 Å². The summed E-state index contributed by atoms with van der Waals surface area (Å²) in [5, 5.41) is 12.1. The number of aromatic nitrogens is 4. The molecule has 0 unspecified atom stereocenters. The van der Waals surface area contributed by atoms with E-state index in [0.29, 0.717) is 10.7 Å². The minimum atomic E-state index is -3.50. The summed E-state index contributed by atoms with van der Waals surface area (Å²) in [6.07, 6.45) is 1.95. The number of hydrogen-bond donors (Lipinski definition) is 2. The number of nitrogens with one attached hydrogen (secondary N) is 2. The Morgan fingerprint density at radius 1 is 1.15 bits per heavy atom. The van der Waals surface area contributed by atoms with Gasteiger partial charge in [0.2, 0.25) is 5.82 Å². The Hall–Kier alpha value is -1.84. The maximum absolute atomic E-state index is 12.8. The number of aryl methyl sites for hydroxylation is 1. The number of benzene rings is 1. The molecule has 1 aliphatic rings. The van der Waals surface area contributed by atoms with Gasteiger partial charge in [0.15, 0.2) is 15.7 Å². The Balaban J connectivity index is 1.84. The van der Waals surface area contributed by atoms with Crippen LogP contribution < -0.4 is 9.80 Å². The average molecular weight is 395 g/mol. The molecule has 2 aromatic rings. The van der Waals surface area contributed by atoms with Crippen molar-refractivity contribution in [2.75, 3.05) is 33.2 Å². The summed E-state index contributed by atoms with van der Waals surface area (Å²) in [6.45, 7) is 8.40. The number of nitrogens with zero attached hydrogens (tertiary/aromatic N) is 4. The van der Waals surface area contributed by atoms with Crippen LogP contribution >= 0.6 is 0 Å². The van der Waals surface area contributed by atoms with E-state index in [1.165, 1.54) is 14.5 Å². The molecule has 1 saturated heterocycles. The van der Waals surface area contributed by atoms with Crippen molar-refractivity contribution in [1.29, 1.82) is 0 Å². The molecule has 3 rings (SSSR count). The molecule has 1 fully saturated rings. The van der Waals surface area contributed by atoms with Gasteiger partial charge in [-0.2, -0.15) is 0 Å². The minimum absolute atomic E-state index is 0.131.